The van der Waals surface area contributed by atoms with Crippen molar-refractivity contribution in [2.45, 2.75) is 53.6 Å². The Labute approximate surface area is 104 Å². The largest absolute Gasteiger partial charge is 0.329 e. The lowest BCUT2D eigenvalue weighted by Gasteiger charge is -2.12. The molecule has 0 saturated carbocycles. The summed E-state index contributed by atoms with van der Waals surface area (Å²) in [4.78, 5) is 4.65. The molecule has 1 aromatic rings. The van der Waals surface area contributed by atoms with Gasteiger partial charge in [0.15, 0.2) is 0 Å². The highest BCUT2D eigenvalue weighted by molar-refractivity contribution is 5.13. The van der Waals surface area contributed by atoms with Crippen LogP contribution in [0.1, 0.15) is 51.2 Å². The van der Waals surface area contributed by atoms with E-state index in [1.165, 1.54) is 11.4 Å². The van der Waals surface area contributed by atoms with E-state index >= 15 is 0 Å². The molecular weight excluding hydrogens is 212 g/mol. The van der Waals surface area contributed by atoms with E-state index in [9.17, 15) is 0 Å². The molecule has 0 saturated heterocycles. The first-order chi connectivity index (χ1) is 7.91. The molecule has 0 radical (unpaired) electrons. The van der Waals surface area contributed by atoms with E-state index in [4.69, 9.17) is 5.73 Å². The molecule has 0 bridgehead atoms. The SMILES string of the molecule is Cc1c(C)n(C(C)C)c(=NCCN)n1C(C)C. The average Bonchev–Trinajstić information content (AvgIpc) is 2.48. The number of nitrogens with zero attached hydrogens (tertiary/aromatic N) is 3. The van der Waals surface area contributed by atoms with Gasteiger partial charge in [0.1, 0.15) is 0 Å². The Morgan fingerprint density at radius 1 is 1.00 bits per heavy atom. The maximum absolute atomic E-state index is 5.56. The smallest absolute Gasteiger partial charge is 0.205 e. The Bertz CT molecular complexity index is 401. The first-order valence-electron chi connectivity index (χ1n) is 6.42. The van der Waals surface area contributed by atoms with Crippen LogP contribution in [0.3, 0.4) is 0 Å². The van der Waals surface area contributed by atoms with E-state index in [0.29, 0.717) is 25.2 Å². The summed E-state index contributed by atoms with van der Waals surface area (Å²) in [5, 5.41) is 0. The van der Waals surface area contributed by atoms with Crippen LogP contribution in [0.2, 0.25) is 0 Å². The summed E-state index contributed by atoms with van der Waals surface area (Å²) in [6.07, 6.45) is 0. The molecule has 17 heavy (non-hydrogen) atoms. The normalized spacial score (nSPS) is 11.6. The fourth-order valence-electron chi connectivity index (χ4n) is 2.32. The first-order valence-corrected chi connectivity index (χ1v) is 6.42. The zero-order chi connectivity index (χ0) is 13.2. The standard InChI is InChI=1S/C13H26N4/c1-9(2)16-11(5)12(6)17(10(3)4)13(16)15-8-7-14/h9-10H,7-8,14H2,1-6H3. The van der Waals surface area contributed by atoms with Gasteiger partial charge < -0.3 is 14.9 Å². The van der Waals surface area contributed by atoms with Gasteiger partial charge in [-0.05, 0) is 41.5 Å². The van der Waals surface area contributed by atoms with Crippen molar-refractivity contribution in [3.8, 4) is 0 Å². The third-order valence-electron chi connectivity index (χ3n) is 3.09. The lowest BCUT2D eigenvalue weighted by molar-refractivity contribution is 0.497. The van der Waals surface area contributed by atoms with Gasteiger partial charge in [0, 0.05) is 30.0 Å². The second-order valence-corrected chi connectivity index (χ2v) is 5.07. The molecule has 1 rings (SSSR count). The van der Waals surface area contributed by atoms with Crippen molar-refractivity contribution >= 4 is 0 Å². The number of imidazole rings is 1. The highest BCUT2D eigenvalue weighted by Gasteiger charge is 2.15. The molecule has 2 N–H and O–H groups in total. The molecule has 0 aliphatic carbocycles. The molecule has 0 atom stereocenters. The highest BCUT2D eigenvalue weighted by Crippen LogP contribution is 2.15. The van der Waals surface area contributed by atoms with Crippen molar-refractivity contribution < 1.29 is 0 Å². The van der Waals surface area contributed by atoms with Gasteiger partial charge in [-0.1, -0.05) is 0 Å². The van der Waals surface area contributed by atoms with Crippen molar-refractivity contribution in [1.29, 1.82) is 0 Å². The van der Waals surface area contributed by atoms with Gasteiger partial charge in [-0.25, -0.2) is 0 Å². The molecule has 1 aromatic heterocycles. The minimum Gasteiger partial charge on any atom is -0.329 e. The number of rotatable bonds is 4. The molecule has 1 heterocycles. The fourth-order valence-corrected chi connectivity index (χ4v) is 2.32. The van der Waals surface area contributed by atoms with Crippen LogP contribution in [0.25, 0.3) is 0 Å². The summed E-state index contributed by atoms with van der Waals surface area (Å²) in [5.74, 6) is 0. The van der Waals surface area contributed by atoms with Crippen molar-refractivity contribution in [3.63, 3.8) is 0 Å². The minimum absolute atomic E-state index is 0.422. The second kappa shape index (κ2) is 5.54. The van der Waals surface area contributed by atoms with Gasteiger partial charge in [0.2, 0.25) is 5.62 Å². The molecule has 0 spiro atoms. The molecule has 0 aromatic carbocycles. The minimum atomic E-state index is 0.422. The summed E-state index contributed by atoms with van der Waals surface area (Å²) in [6, 6.07) is 0.843. The summed E-state index contributed by atoms with van der Waals surface area (Å²) in [6.45, 7) is 14.4. The van der Waals surface area contributed by atoms with Gasteiger partial charge in [-0.15, -0.1) is 0 Å². The van der Waals surface area contributed by atoms with E-state index in [-0.39, 0.29) is 0 Å². The quantitative estimate of drug-likeness (QED) is 0.856. The predicted octanol–water partition coefficient (Wildman–Crippen LogP) is 1.93. The average molecular weight is 238 g/mol. The Morgan fingerprint density at radius 2 is 1.41 bits per heavy atom. The van der Waals surface area contributed by atoms with Crippen LogP contribution >= 0.6 is 0 Å². The Morgan fingerprint density at radius 3 is 1.71 bits per heavy atom. The maximum Gasteiger partial charge on any atom is 0.205 e. The Kier molecular flexibility index (Phi) is 4.57. The second-order valence-electron chi connectivity index (χ2n) is 5.07. The molecular formula is C13H26N4. The summed E-state index contributed by atoms with van der Waals surface area (Å²) >= 11 is 0. The van der Waals surface area contributed by atoms with Gasteiger partial charge in [0.25, 0.3) is 0 Å². The molecule has 0 aliphatic rings. The summed E-state index contributed by atoms with van der Waals surface area (Å²) in [5.41, 5.74) is 9.20. The molecule has 98 valence electrons. The van der Waals surface area contributed by atoms with Gasteiger partial charge >= 0.3 is 0 Å². The third-order valence-corrected chi connectivity index (χ3v) is 3.09. The van der Waals surface area contributed by atoms with Crippen molar-refractivity contribution in [1.82, 2.24) is 9.13 Å². The maximum atomic E-state index is 5.56. The van der Waals surface area contributed by atoms with E-state index in [2.05, 4.69) is 55.7 Å². The topological polar surface area (TPSA) is 48.2 Å². The van der Waals surface area contributed by atoms with Crippen LogP contribution in [0.4, 0.5) is 0 Å². The third kappa shape index (κ3) is 2.63. The van der Waals surface area contributed by atoms with E-state index in [1.807, 2.05) is 0 Å². The van der Waals surface area contributed by atoms with Gasteiger partial charge in [-0.3, -0.25) is 4.99 Å². The zero-order valence-corrected chi connectivity index (χ0v) is 12.0. The van der Waals surface area contributed by atoms with Crippen molar-refractivity contribution in [2.75, 3.05) is 13.1 Å². The van der Waals surface area contributed by atoms with Crippen LogP contribution in [0.5, 0.6) is 0 Å². The predicted molar refractivity (Wildman–Crippen MR) is 72.2 cm³/mol. The molecule has 0 amide bonds. The highest BCUT2D eigenvalue weighted by atomic mass is 15.2. The Hall–Kier alpha value is -1.03. The molecule has 0 fully saturated rings. The number of nitrogens with two attached hydrogens (primary N) is 1. The monoisotopic (exact) mass is 238 g/mol. The number of hydrogen-bond acceptors (Lipinski definition) is 2. The molecule has 0 unspecified atom stereocenters. The number of hydrogen-bond donors (Lipinski definition) is 1. The lowest BCUT2D eigenvalue weighted by Crippen LogP contribution is -2.30. The lowest BCUT2D eigenvalue weighted by atomic mass is 10.3. The van der Waals surface area contributed by atoms with Crippen molar-refractivity contribution in [2.24, 2.45) is 10.7 Å². The van der Waals surface area contributed by atoms with Gasteiger partial charge in [0.05, 0.1) is 6.54 Å². The van der Waals surface area contributed by atoms with Crippen LogP contribution in [0, 0.1) is 13.8 Å². The van der Waals surface area contributed by atoms with E-state index in [1.54, 1.807) is 0 Å². The van der Waals surface area contributed by atoms with Gasteiger partial charge in [-0.2, -0.15) is 0 Å². The van der Waals surface area contributed by atoms with Crippen LogP contribution in [0.15, 0.2) is 4.99 Å². The summed E-state index contributed by atoms with van der Waals surface area (Å²) in [7, 11) is 0. The number of aromatic nitrogens is 2. The zero-order valence-electron chi connectivity index (χ0n) is 12.0. The van der Waals surface area contributed by atoms with E-state index in [0.717, 1.165) is 5.62 Å². The summed E-state index contributed by atoms with van der Waals surface area (Å²) < 4.78 is 4.59. The molecule has 0 aliphatic heterocycles. The Balaban J connectivity index is 3.55. The molecule has 4 nitrogen and oxygen atoms in total. The van der Waals surface area contributed by atoms with Crippen LogP contribution in [-0.4, -0.2) is 22.2 Å². The van der Waals surface area contributed by atoms with Crippen LogP contribution in [-0.2, 0) is 0 Å². The fraction of sp³-hybridized carbons (Fsp3) is 0.769. The van der Waals surface area contributed by atoms with E-state index < -0.39 is 0 Å². The van der Waals surface area contributed by atoms with Crippen LogP contribution < -0.4 is 11.4 Å². The first kappa shape index (κ1) is 14.0. The van der Waals surface area contributed by atoms with Crippen molar-refractivity contribution in [3.05, 3.63) is 17.0 Å². The molecule has 4 heteroatoms.